The number of hydrogen-bond donors (Lipinski definition) is 2. The highest BCUT2D eigenvalue weighted by Gasteiger charge is 2.28. The third kappa shape index (κ3) is 3.27. The van der Waals surface area contributed by atoms with Gasteiger partial charge in [0.25, 0.3) is 0 Å². The zero-order valence-corrected chi connectivity index (χ0v) is 11.3. The highest BCUT2D eigenvalue weighted by Crippen LogP contribution is 2.16. The summed E-state index contributed by atoms with van der Waals surface area (Å²) in [5, 5.41) is 7.28. The molecule has 5 nitrogen and oxygen atoms in total. The average molecular weight is 287 g/mol. The molecule has 0 saturated carbocycles. The standard InChI is InChI=1S/C11H13NO4S2/c1-7(11(13)14)18(15,16)6-8-4-2-3-5-9(8)10(12)17/h2-5,7H,6H2,1H3,(H2,12,17)(H,13,14). The Labute approximate surface area is 111 Å². The summed E-state index contributed by atoms with van der Waals surface area (Å²) in [4.78, 5) is 10.8. The Balaban J connectivity index is 3.13. The van der Waals surface area contributed by atoms with E-state index in [2.05, 4.69) is 0 Å². The number of aliphatic carboxylic acids is 1. The van der Waals surface area contributed by atoms with E-state index in [9.17, 15) is 13.2 Å². The number of carboxylic acid groups (broad SMARTS) is 1. The van der Waals surface area contributed by atoms with Gasteiger partial charge in [-0.2, -0.15) is 0 Å². The second-order valence-electron chi connectivity index (χ2n) is 3.81. The average Bonchev–Trinajstić information content (AvgIpc) is 2.27. The summed E-state index contributed by atoms with van der Waals surface area (Å²) in [6.45, 7) is 1.14. The largest absolute Gasteiger partial charge is 0.480 e. The lowest BCUT2D eigenvalue weighted by Crippen LogP contribution is -2.28. The van der Waals surface area contributed by atoms with Gasteiger partial charge in [0.05, 0.1) is 5.75 Å². The number of carbonyl (C=O) groups is 1. The van der Waals surface area contributed by atoms with E-state index in [0.29, 0.717) is 11.1 Å². The van der Waals surface area contributed by atoms with Crippen molar-refractivity contribution in [3.8, 4) is 0 Å². The molecule has 0 spiro atoms. The highest BCUT2D eigenvalue weighted by atomic mass is 32.2. The number of hydrogen-bond acceptors (Lipinski definition) is 4. The number of carboxylic acids is 1. The summed E-state index contributed by atoms with van der Waals surface area (Å²) in [5.74, 6) is -1.77. The first-order chi connectivity index (χ1) is 8.25. The molecule has 0 radical (unpaired) electrons. The molecule has 0 heterocycles. The molecule has 0 aromatic heterocycles. The van der Waals surface area contributed by atoms with Crippen molar-refractivity contribution in [2.75, 3.05) is 0 Å². The Morgan fingerprint density at radius 2 is 2.00 bits per heavy atom. The van der Waals surface area contributed by atoms with Gasteiger partial charge in [0.2, 0.25) is 0 Å². The fourth-order valence-corrected chi connectivity index (χ4v) is 2.82. The van der Waals surface area contributed by atoms with E-state index >= 15 is 0 Å². The van der Waals surface area contributed by atoms with Gasteiger partial charge < -0.3 is 10.8 Å². The van der Waals surface area contributed by atoms with Crippen LogP contribution in [0.15, 0.2) is 24.3 Å². The molecule has 0 amide bonds. The molecule has 3 N–H and O–H groups in total. The van der Waals surface area contributed by atoms with Crippen molar-refractivity contribution in [2.24, 2.45) is 5.73 Å². The molecule has 1 unspecified atom stereocenters. The van der Waals surface area contributed by atoms with Crippen LogP contribution in [0.1, 0.15) is 18.1 Å². The fourth-order valence-electron chi connectivity index (χ4n) is 1.38. The Morgan fingerprint density at radius 3 is 2.50 bits per heavy atom. The molecule has 0 aliphatic heterocycles. The van der Waals surface area contributed by atoms with Crippen molar-refractivity contribution >= 4 is 33.0 Å². The Bertz CT molecular complexity index is 580. The van der Waals surface area contributed by atoms with Gasteiger partial charge >= 0.3 is 5.97 Å². The van der Waals surface area contributed by atoms with Crippen LogP contribution < -0.4 is 5.73 Å². The molecule has 98 valence electrons. The summed E-state index contributed by atoms with van der Waals surface area (Å²) in [6, 6.07) is 6.52. The lowest BCUT2D eigenvalue weighted by atomic mass is 10.1. The monoisotopic (exact) mass is 287 g/mol. The van der Waals surface area contributed by atoms with Crippen LogP contribution in [0.25, 0.3) is 0 Å². The lowest BCUT2D eigenvalue weighted by molar-refractivity contribution is -0.136. The molecule has 0 aliphatic rings. The first-order valence-corrected chi connectivity index (χ1v) is 7.20. The molecule has 0 saturated heterocycles. The zero-order chi connectivity index (χ0) is 13.9. The van der Waals surface area contributed by atoms with Crippen molar-refractivity contribution in [3.05, 3.63) is 35.4 Å². The van der Waals surface area contributed by atoms with Gasteiger partial charge in [0.15, 0.2) is 15.1 Å². The van der Waals surface area contributed by atoms with E-state index in [-0.39, 0.29) is 4.99 Å². The van der Waals surface area contributed by atoms with Crippen LogP contribution in [-0.4, -0.2) is 29.7 Å². The van der Waals surface area contributed by atoms with Crippen LogP contribution in [0.2, 0.25) is 0 Å². The summed E-state index contributed by atoms with van der Waals surface area (Å²) in [7, 11) is -3.78. The highest BCUT2D eigenvalue weighted by molar-refractivity contribution is 7.92. The van der Waals surface area contributed by atoms with Gasteiger partial charge in [-0.25, -0.2) is 8.42 Å². The Kier molecular flexibility index (Phi) is 4.42. The van der Waals surface area contributed by atoms with Crippen molar-refractivity contribution in [1.29, 1.82) is 0 Å². The summed E-state index contributed by atoms with van der Waals surface area (Å²) >= 11 is 4.82. The third-order valence-electron chi connectivity index (χ3n) is 2.53. The molecule has 1 atom stereocenters. The fraction of sp³-hybridized carbons (Fsp3) is 0.273. The van der Waals surface area contributed by atoms with E-state index in [1.54, 1.807) is 24.3 Å². The van der Waals surface area contributed by atoms with Crippen LogP contribution in [0, 0.1) is 0 Å². The first-order valence-electron chi connectivity index (χ1n) is 5.08. The van der Waals surface area contributed by atoms with Gasteiger partial charge in [-0.3, -0.25) is 4.79 Å². The van der Waals surface area contributed by atoms with Crippen LogP contribution >= 0.6 is 12.2 Å². The van der Waals surface area contributed by atoms with Crippen molar-refractivity contribution < 1.29 is 18.3 Å². The van der Waals surface area contributed by atoms with E-state index in [1.807, 2.05) is 0 Å². The Hall–Kier alpha value is -1.47. The Morgan fingerprint density at radius 1 is 1.44 bits per heavy atom. The molecule has 1 aromatic rings. The minimum atomic E-state index is -3.78. The number of nitrogens with two attached hydrogens (primary N) is 1. The van der Waals surface area contributed by atoms with Crippen molar-refractivity contribution in [3.63, 3.8) is 0 Å². The molecular formula is C11H13NO4S2. The maximum absolute atomic E-state index is 11.9. The lowest BCUT2D eigenvalue weighted by Gasteiger charge is -2.11. The SMILES string of the molecule is CC(C(=O)O)S(=O)(=O)Cc1ccccc1C(N)=S. The summed E-state index contributed by atoms with van der Waals surface area (Å²) < 4.78 is 23.7. The van der Waals surface area contributed by atoms with E-state index < -0.39 is 26.8 Å². The number of thiocarbonyl (C=S) groups is 1. The maximum Gasteiger partial charge on any atom is 0.321 e. The van der Waals surface area contributed by atoms with Gasteiger partial charge in [-0.1, -0.05) is 36.5 Å². The van der Waals surface area contributed by atoms with Crippen LogP contribution in [0.4, 0.5) is 0 Å². The molecule has 1 rings (SSSR count). The van der Waals surface area contributed by atoms with Crippen molar-refractivity contribution in [1.82, 2.24) is 0 Å². The molecule has 18 heavy (non-hydrogen) atoms. The molecular weight excluding hydrogens is 274 g/mol. The smallest absolute Gasteiger partial charge is 0.321 e. The summed E-state index contributed by atoms with van der Waals surface area (Å²) in [5.41, 5.74) is 6.36. The zero-order valence-electron chi connectivity index (χ0n) is 9.66. The minimum absolute atomic E-state index is 0.0868. The van der Waals surface area contributed by atoms with E-state index in [0.717, 1.165) is 6.92 Å². The number of benzene rings is 1. The molecule has 0 aliphatic carbocycles. The molecule has 1 aromatic carbocycles. The second kappa shape index (κ2) is 5.45. The quantitative estimate of drug-likeness (QED) is 0.774. The minimum Gasteiger partial charge on any atom is -0.480 e. The third-order valence-corrected chi connectivity index (χ3v) is 4.74. The molecule has 7 heteroatoms. The second-order valence-corrected chi connectivity index (χ2v) is 6.57. The summed E-state index contributed by atoms with van der Waals surface area (Å²) in [6.07, 6.45) is 0. The van der Waals surface area contributed by atoms with E-state index in [1.165, 1.54) is 0 Å². The van der Waals surface area contributed by atoms with Gasteiger partial charge in [0.1, 0.15) is 4.99 Å². The van der Waals surface area contributed by atoms with Gasteiger partial charge in [-0.05, 0) is 12.5 Å². The predicted molar refractivity (Wildman–Crippen MR) is 72.1 cm³/mol. The topological polar surface area (TPSA) is 97.5 Å². The number of rotatable bonds is 5. The normalized spacial score (nSPS) is 12.9. The van der Waals surface area contributed by atoms with Gasteiger partial charge in [-0.15, -0.1) is 0 Å². The van der Waals surface area contributed by atoms with Gasteiger partial charge in [0, 0.05) is 5.56 Å². The molecule has 0 fully saturated rings. The molecule has 0 bridgehead atoms. The number of sulfone groups is 1. The van der Waals surface area contributed by atoms with Crippen LogP contribution in [0.5, 0.6) is 0 Å². The van der Waals surface area contributed by atoms with Crippen LogP contribution in [0.3, 0.4) is 0 Å². The predicted octanol–water partition coefficient (Wildman–Crippen LogP) is 0.709. The van der Waals surface area contributed by atoms with Crippen molar-refractivity contribution in [2.45, 2.75) is 17.9 Å². The maximum atomic E-state index is 11.9. The first kappa shape index (κ1) is 14.6. The van der Waals surface area contributed by atoms with Crippen LogP contribution in [-0.2, 0) is 20.4 Å². The van der Waals surface area contributed by atoms with E-state index in [4.69, 9.17) is 23.1 Å².